The van der Waals surface area contributed by atoms with Crippen LogP contribution in [-0.4, -0.2) is 45.9 Å². The van der Waals surface area contributed by atoms with E-state index in [1.165, 1.54) is 6.07 Å². The maximum atomic E-state index is 14.6. The maximum Gasteiger partial charge on any atom is 0.351 e. The van der Waals surface area contributed by atoms with Gasteiger partial charge in [0.25, 0.3) is 0 Å². The van der Waals surface area contributed by atoms with Crippen molar-refractivity contribution < 1.29 is 23.8 Å². The number of hydrogen-bond donors (Lipinski definition) is 2. The molecule has 0 aliphatic carbocycles. The summed E-state index contributed by atoms with van der Waals surface area (Å²) in [4.78, 5) is 20.1. The Morgan fingerprint density at radius 1 is 1.30 bits per heavy atom. The van der Waals surface area contributed by atoms with Crippen molar-refractivity contribution in [1.29, 1.82) is 0 Å². The lowest BCUT2D eigenvalue weighted by Gasteiger charge is -2.12. The average molecular weight is 471 g/mol. The molecule has 2 N–H and O–H groups in total. The van der Waals surface area contributed by atoms with E-state index in [4.69, 9.17) is 9.47 Å². The molecule has 4 aromatic rings. The fraction of sp³-hybridized carbons (Fsp3) is 0.261. The van der Waals surface area contributed by atoms with Crippen molar-refractivity contribution in [3.05, 3.63) is 52.9 Å². The third-order valence-corrected chi connectivity index (χ3v) is 6.16. The van der Waals surface area contributed by atoms with Crippen LogP contribution in [0.25, 0.3) is 21.6 Å². The highest BCUT2D eigenvalue weighted by Crippen LogP contribution is 2.33. The lowest BCUT2D eigenvalue weighted by molar-refractivity contribution is 0.0697. The first-order chi connectivity index (χ1) is 15.9. The lowest BCUT2D eigenvalue weighted by Crippen LogP contribution is -2.12. The standard InChI is InChI=1S/C23H23FN4O4S/c1-4-32-21-20(23(29)30)33-22(27-21)17-12-14(7-8-26-17)25-9-10-28-13(2)11-15-18(31-3)6-5-16(24)19(15)28/h5-8,11-12H,4,9-10H2,1-3H3,(H,25,26)(H,29,30). The van der Waals surface area contributed by atoms with Gasteiger partial charge in [-0.2, -0.15) is 4.98 Å². The second kappa shape index (κ2) is 9.45. The number of aryl methyl sites for hydroxylation is 1. The number of hydrogen-bond acceptors (Lipinski definition) is 7. The van der Waals surface area contributed by atoms with E-state index >= 15 is 0 Å². The van der Waals surface area contributed by atoms with E-state index in [9.17, 15) is 14.3 Å². The van der Waals surface area contributed by atoms with Crippen LogP contribution in [0, 0.1) is 12.7 Å². The number of rotatable bonds is 9. The molecule has 0 aliphatic heterocycles. The van der Waals surface area contributed by atoms with Gasteiger partial charge in [-0.1, -0.05) is 0 Å². The minimum absolute atomic E-state index is 0.0411. The van der Waals surface area contributed by atoms with Gasteiger partial charge in [0, 0.05) is 36.1 Å². The highest BCUT2D eigenvalue weighted by Gasteiger charge is 2.20. The summed E-state index contributed by atoms with van der Waals surface area (Å²) in [5.74, 6) is -0.656. The second-order valence-corrected chi connectivity index (χ2v) is 8.20. The first-order valence-electron chi connectivity index (χ1n) is 10.3. The van der Waals surface area contributed by atoms with Gasteiger partial charge in [0.05, 0.1) is 19.2 Å². The summed E-state index contributed by atoms with van der Waals surface area (Å²) in [6, 6.07) is 8.56. The molecular weight excluding hydrogens is 447 g/mol. The van der Waals surface area contributed by atoms with Crippen molar-refractivity contribution in [1.82, 2.24) is 14.5 Å². The molecule has 0 saturated carbocycles. The second-order valence-electron chi connectivity index (χ2n) is 7.20. The summed E-state index contributed by atoms with van der Waals surface area (Å²) in [6.45, 7) is 5.09. The summed E-state index contributed by atoms with van der Waals surface area (Å²) >= 11 is 1.02. The topological polar surface area (TPSA) is 98.5 Å². The van der Waals surface area contributed by atoms with Crippen molar-refractivity contribution in [3.8, 4) is 22.3 Å². The minimum atomic E-state index is -1.09. The molecule has 0 unspecified atom stereocenters. The first-order valence-corrected chi connectivity index (χ1v) is 11.1. The van der Waals surface area contributed by atoms with Crippen LogP contribution in [0.5, 0.6) is 11.6 Å². The zero-order valence-corrected chi connectivity index (χ0v) is 19.2. The zero-order valence-electron chi connectivity index (χ0n) is 18.4. The SMILES string of the molecule is CCOc1nc(-c2cc(NCCn3c(C)cc4c(OC)ccc(F)c43)ccn2)sc1C(=O)O. The van der Waals surface area contributed by atoms with Crippen molar-refractivity contribution in [2.45, 2.75) is 20.4 Å². The molecular formula is C23H23FN4O4S. The smallest absolute Gasteiger partial charge is 0.351 e. The summed E-state index contributed by atoms with van der Waals surface area (Å²) in [7, 11) is 1.57. The van der Waals surface area contributed by atoms with E-state index in [1.54, 1.807) is 32.4 Å². The molecule has 1 aromatic carbocycles. The molecule has 0 amide bonds. The number of thiazole rings is 1. The number of halogens is 1. The molecule has 172 valence electrons. The number of carboxylic acids is 1. The molecule has 3 heterocycles. The molecule has 8 nitrogen and oxygen atoms in total. The number of nitrogens with zero attached hydrogens (tertiary/aromatic N) is 3. The van der Waals surface area contributed by atoms with Crippen LogP contribution >= 0.6 is 11.3 Å². The maximum absolute atomic E-state index is 14.6. The van der Waals surface area contributed by atoms with E-state index in [1.807, 2.05) is 23.6 Å². The Hall–Kier alpha value is -3.66. The summed E-state index contributed by atoms with van der Waals surface area (Å²) in [6.07, 6.45) is 1.63. The minimum Gasteiger partial charge on any atom is -0.496 e. The Morgan fingerprint density at radius 3 is 2.85 bits per heavy atom. The Balaban J connectivity index is 1.53. The van der Waals surface area contributed by atoms with Crippen LogP contribution in [0.3, 0.4) is 0 Å². The number of aromatic carboxylic acids is 1. The largest absolute Gasteiger partial charge is 0.496 e. The Bertz CT molecular complexity index is 1320. The van der Waals surface area contributed by atoms with E-state index < -0.39 is 5.97 Å². The predicted molar refractivity (Wildman–Crippen MR) is 125 cm³/mol. The van der Waals surface area contributed by atoms with Crippen molar-refractivity contribution in [3.63, 3.8) is 0 Å². The van der Waals surface area contributed by atoms with Crippen LogP contribution in [0.1, 0.15) is 22.3 Å². The molecule has 10 heteroatoms. The van der Waals surface area contributed by atoms with E-state index in [0.717, 1.165) is 28.1 Å². The molecule has 0 fully saturated rings. The van der Waals surface area contributed by atoms with Crippen LogP contribution in [0.4, 0.5) is 10.1 Å². The Kier molecular flexibility index (Phi) is 6.45. The van der Waals surface area contributed by atoms with Crippen molar-refractivity contribution in [2.24, 2.45) is 0 Å². The van der Waals surface area contributed by atoms with Crippen LogP contribution in [0.2, 0.25) is 0 Å². The van der Waals surface area contributed by atoms with Crippen LogP contribution in [-0.2, 0) is 6.54 Å². The van der Waals surface area contributed by atoms with Crippen molar-refractivity contribution in [2.75, 3.05) is 25.6 Å². The molecule has 0 bridgehead atoms. The number of nitrogens with one attached hydrogen (secondary N) is 1. The lowest BCUT2D eigenvalue weighted by atomic mass is 10.2. The van der Waals surface area contributed by atoms with Gasteiger partial charge in [-0.05, 0) is 44.2 Å². The highest BCUT2D eigenvalue weighted by molar-refractivity contribution is 7.17. The summed E-state index contributed by atoms with van der Waals surface area (Å²) in [5.41, 5.74) is 2.77. The van der Waals surface area contributed by atoms with Gasteiger partial charge in [-0.15, -0.1) is 11.3 Å². The molecule has 3 aromatic heterocycles. The van der Waals surface area contributed by atoms with Gasteiger partial charge >= 0.3 is 5.97 Å². The third-order valence-electron chi connectivity index (χ3n) is 5.11. The van der Waals surface area contributed by atoms with E-state index in [-0.39, 0.29) is 16.6 Å². The number of benzene rings is 1. The van der Waals surface area contributed by atoms with E-state index in [0.29, 0.717) is 41.7 Å². The molecule has 4 rings (SSSR count). The van der Waals surface area contributed by atoms with Gasteiger partial charge in [0.2, 0.25) is 5.88 Å². The number of carboxylic acid groups (broad SMARTS) is 1. The number of methoxy groups -OCH3 is 1. The van der Waals surface area contributed by atoms with Crippen molar-refractivity contribution >= 4 is 33.9 Å². The number of pyridine rings is 1. The predicted octanol–water partition coefficient (Wildman–Crippen LogP) is 4.82. The van der Waals surface area contributed by atoms with Gasteiger partial charge in [-0.3, -0.25) is 4.98 Å². The van der Waals surface area contributed by atoms with Crippen LogP contribution < -0.4 is 14.8 Å². The number of aromatic nitrogens is 3. The number of carbonyl (C=O) groups is 1. The van der Waals surface area contributed by atoms with Gasteiger partial charge in [0.1, 0.15) is 22.3 Å². The van der Waals surface area contributed by atoms with E-state index in [2.05, 4.69) is 15.3 Å². The first kappa shape index (κ1) is 22.5. The molecule has 0 aliphatic rings. The van der Waals surface area contributed by atoms with Gasteiger partial charge in [-0.25, -0.2) is 9.18 Å². The monoisotopic (exact) mass is 470 g/mol. The fourth-order valence-electron chi connectivity index (χ4n) is 3.66. The molecule has 0 atom stereocenters. The van der Waals surface area contributed by atoms with Crippen LogP contribution in [0.15, 0.2) is 36.5 Å². The Morgan fingerprint density at radius 2 is 2.12 bits per heavy atom. The number of fused-ring (bicyclic) bond motifs is 1. The quantitative estimate of drug-likeness (QED) is 0.362. The molecule has 0 spiro atoms. The Labute approximate surface area is 193 Å². The summed E-state index contributed by atoms with van der Waals surface area (Å²) < 4.78 is 27.2. The zero-order chi connectivity index (χ0) is 23.5. The summed E-state index contributed by atoms with van der Waals surface area (Å²) in [5, 5.41) is 13.9. The number of ether oxygens (including phenoxy) is 2. The normalized spacial score (nSPS) is 11.0. The fourth-order valence-corrected chi connectivity index (χ4v) is 4.48. The van der Waals surface area contributed by atoms with Gasteiger partial charge < -0.3 is 24.5 Å². The number of anilines is 1. The third kappa shape index (κ3) is 4.47. The van der Waals surface area contributed by atoms with Gasteiger partial charge in [0.15, 0.2) is 4.88 Å². The molecule has 0 radical (unpaired) electrons. The average Bonchev–Trinajstić information content (AvgIpc) is 3.37. The highest BCUT2D eigenvalue weighted by atomic mass is 32.1. The molecule has 33 heavy (non-hydrogen) atoms. The molecule has 0 saturated heterocycles.